The molecule has 146 valence electrons. The third-order valence-electron chi connectivity index (χ3n) is 4.56. The molecule has 7 nitrogen and oxygen atoms in total. The number of rotatable bonds is 3. The highest BCUT2D eigenvalue weighted by atomic mass is 19.1. The lowest BCUT2D eigenvalue weighted by Crippen LogP contribution is -2.26. The Hall–Kier alpha value is -3.16. The first-order chi connectivity index (χ1) is 13.1. The summed E-state index contributed by atoms with van der Waals surface area (Å²) in [6.07, 6.45) is 3.61. The zero-order chi connectivity index (χ0) is 20.2. The summed E-state index contributed by atoms with van der Waals surface area (Å²) in [7, 11) is 0. The quantitative estimate of drug-likeness (QED) is 0.695. The third kappa shape index (κ3) is 3.26. The number of halogens is 1. The highest BCUT2D eigenvalue weighted by Gasteiger charge is 2.45. The minimum Gasteiger partial charge on any atom is -0.443 e. The van der Waals surface area contributed by atoms with Crippen molar-refractivity contribution < 1.29 is 18.7 Å². The van der Waals surface area contributed by atoms with E-state index in [2.05, 4.69) is 4.98 Å². The molecule has 4 rings (SSSR count). The summed E-state index contributed by atoms with van der Waals surface area (Å²) < 4.78 is 21.6. The fourth-order valence-electron chi connectivity index (χ4n) is 3.08. The first-order valence-corrected chi connectivity index (χ1v) is 9.01. The number of nitrogen functional groups attached to an aromatic ring is 1. The van der Waals surface area contributed by atoms with Crippen LogP contribution in [-0.4, -0.2) is 37.6 Å². The van der Waals surface area contributed by atoms with Gasteiger partial charge in [-0.3, -0.25) is 13.8 Å². The van der Waals surface area contributed by atoms with E-state index in [0.717, 1.165) is 11.1 Å². The van der Waals surface area contributed by atoms with E-state index in [4.69, 9.17) is 10.5 Å². The molecule has 0 radical (unpaired) electrons. The van der Waals surface area contributed by atoms with Gasteiger partial charge in [-0.25, -0.2) is 14.2 Å². The van der Waals surface area contributed by atoms with E-state index in [1.807, 2.05) is 6.07 Å². The molecule has 0 unspecified atom stereocenters. The second-order valence-corrected chi connectivity index (χ2v) is 8.00. The Labute approximate surface area is 160 Å². The van der Waals surface area contributed by atoms with Crippen LogP contribution in [0.1, 0.15) is 37.7 Å². The molecule has 3 aromatic rings. The SMILES string of the molecule is CC(C)(C)OC(=O)n1ccc(-c2ccc3nc(N)c(C(=O)[C@@H]4C[C@@H]4F)n3c2)c1. The predicted molar refractivity (Wildman–Crippen MR) is 102 cm³/mol. The van der Waals surface area contributed by atoms with Crippen LogP contribution in [0, 0.1) is 5.92 Å². The van der Waals surface area contributed by atoms with Crippen LogP contribution in [0.4, 0.5) is 15.0 Å². The summed E-state index contributed by atoms with van der Waals surface area (Å²) in [6.45, 7) is 5.40. The van der Waals surface area contributed by atoms with Crippen molar-refractivity contribution in [2.45, 2.75) is 39.0 Å². The topological polar surface area (TPSA) is 91.6 Å². The summed E-state index contributed by atoms with van der Waals surface area (Å²) >= 11 is 0. The molecule has 3 heterocycles. The average molecular weight is 384 g/mol. The Kier molecular flexibility index (Phi) is 4.02. The number of aromatic nitrogens is 3. The van der Waals surface area contributed by atoms with E-state index in [-0.39, 0.29) is 23.7 Å². The van der Waals surface area contributed by atoms with Crippen molar-refractivity contribution in [1.29, 1.82) is 0 Å². The van der Waals surface area contributed by atoms with Gasteiger partial charge in [-0.15, -0.1) is 0 Å². The van der Waals surface area contributed by atoms with Crippen LogP contribution in [0.3, 0.4) is 0 Å². The molecule has 1 aliphatic carbocycles. The van der Waals surface area contributed by atoms with Crippen molar-refractivity contribution in [1.82, 2.24) is 14.0 Å². The summed E-state index contributed by atoms with van der Waals surface area (Å²) in [5.74, 6) is -0.882. The molecule has 0 spiro atoms. The fourth-order valence-corrected chi connectivity index (χ4v) is 3.08. The summed E-state index contributed by atoms with van der Waals surface area (Å²) in [6, 6.07) is 5.32. The van der Waals surface area contributed by atoms with E-state index < -0.39 is 23.8 Å². The molecular formula is C20H21FN4O3. The van der Waals surface area contributed by atoms with E-state index in [9.17, 15) is 14.0 Å². The number of carbonyl (C=O) groups excluding carboxylic acids is 2. The normalized spacial score (nSPS) is 19.0. The number of carbonyl (C=O) groups is 2. The number of Topliss-reactive ketones (excluding diaryl/α,β-unsaturated/α-hetero) is 1. The molecule has 1 fully saturated rings. The molecule has 0 bridgehead atoms. The number of pyridine rings is 1. The second-order valence-electron chi connectivity index (χ2n) is 8.00. The maximum Gasteiger partial charge on any atom is 0.418 e. The minimum absolute atomic E-state index is 0.0903. The molecule has 2 N–H and O–H groups in total. The van der Waals surface area contributed by atoms with Gasteiger partial charge < -0.3 is 10.5 Å². The Balaban J connectivity index is 1.69. The van der Waals surface area contributed by atoms with Crippen molar-refractivity contribution in [3.05, 3.63) is 42.5 Å². The van der Waals surface area contributed by atoms with Gasteiger partial charge in [0.05, 0.1) is 5.92 Å². The molecule has 3 aromatic heterocycles. The fraction of sp³-hybridized carbons (Fsp3) is 0.350. The van der Waals surface area contributed by atoms with Crippen LogP contribution in [0.5, 0.6) is 0 Å². The van der Waals surface area contributed by atoms with Crippen molar-refractivity contribution in [3.8, 4) is 11.1 Å². The van der Waals surface area contributed by atoms with E-state index >= 15 is 0 Å². The number of nitrogens with zero attached hydrogens (tertiary/aromatic N) is 3. The predicted octanol–water partition coefficient (Wildman–Crippen LogP) is 3.71. The van der Waals surface area contributed by atoms with Crippen LogP contribution in [0.2, 0.25) is 0 Å². The van der Waals surface area contributed by atoms with E-state index in [0.29, 0.717) is 5.65 Å². The molecule has 2 atom stereocenters. The van der Waals surface area contributed by atoms with Crippen LogP contribution < -0.4 is 5.73 Å². The van der Waals surface area contributed by atoms with Gasteiger partial charge in [0.25, 0.3) is 0 Å². The van der Waals surface area contributed by atoms with Crippen molar-refractivity contribution in [3.63, 3.8) is 0 Å². The van der Waals surface area contributed by atoms with Crippen molar-refractivity contribution >= 4 is 23.3 Å². The third-order valence-corrected chi connectivity index (χ3v) is 4.56. The van der Waals surface area contributed by atoms with Gasteiger partial charge in [0.15, 0.2) is 11.6 Å². The standard InChI is InChI=1S/C20H21FN4O3/c1-20(2,3)28-19(27)24-7-6-12(9-24)11-4-5-15-23-18(22)16(25(15)10-11)17(26)13-8-14(13)21/h4-7,9-10,13-14H,8,22H2,1-3H3/t13-,14+/m1/s1. The summed E-state index contributed by atoms with van der Waals surface area (Å²) in [5, 5.41) is 0. The van der Waals surface area contributed by atoms with Gasteiger partial charge in [0, 0.05) is 29.7 Å². The lowest BCUT2D eigenvalue weighted by molar-refractivity contribution is 0.0537. The zero-order valence-electron chi connectivity index (χ0n) is 15.8. The number of fused-ring (bicyclic) bond motifs is 1. The monoisotopic (exact) mass is 384 g/mol. The van der Waals surface area contributed by atoms with Gasteiger partial charge in [0.2, 0.25) is 0 Å². The van der Waals surface area contributed by atoms with Crippen LogP contribution >= 0.6 is 0 Å². The minimum atomic E-state index is -1.11. The smallest absolute Gasteiger partial charge is 0.418 e. The molecule has 0 amide bonds. The number of hydrogen-bond acceptors (Lipinski definition) is 5. The van der Waals surface area contributed by atoms with E-state index in [1.54, 1.807) is 55.9 Å². The molecule has 28 heavy (non-hydrogen) atoms. The first kappa shape index (κ1) is 18.2. The second kappa shape index (κ2) is 6.19. The summed E-state index contributed by atoms with van der Waals surface area (Å²) in [5.41, 5.74) is 7.54. The summed E-state index contributed by atoms with van der Waals surface area (Å²) in [4.78, 5) is 28.9. The van der Waals surface area contributed by atoms with Gasteiger partial charge >= 0.3 is 6.09 Å². The van der Waals surface area contributed by atoms with Crippen LogP contribution in [-0.2, 0) is 4.74 Å². The molecule has 0 aromatic carbocycles. The molecular weight excluding hydrogens is 363 g/mol. The largest absolute Gasteiger partial charge is 0.443 e. The average Bonchev–Trinajstić information content (AvgIpc) is 3.03. The zero-order valence-corrected chi connectivity index (χ0v) is 15.8. The highest BCUT2D eigenvalue weighted by molar-refractivity contribution is 6.03. The number of nitrogens with two attached hydrogens (primary N) is 1. The number of ether oxygens (including phenoxy) is 1. The number of ketones is 1. The van der Waals surface area contributed by atoms with Gasteiger partial charge in [-0.2, -0.15) is 0 Å². The lowest BCUT2D eigenvalue weighted by atomic mass is 10.1. The number of hydrogen-bond donors (Lipinski definition) is 1. The Bertz CT molecular complexity index is 1090. The van der Waals surface area contributed by atoms with Crippen LogP contribution in [0.25, 0.3) is 16.8 Å². The lowest BCUT2D eigenvalue weighted by Gasteiger charge is -2.19. The molecule has 1 saturated carbocycles. The first-order valence-electron chi connectivity index (χ1n) is 9.01. The van der Waals surface area contributed by atoms with Gasteiger partial charge in [-0.1, -0.05) is 0 Å². The van der Waals surface area contributed by atoms with Crippen LogP contribution in [0.15, 0.2) is 36.8 Å². The number of anilines is 1. The van der Waals surface area contributed by atoms with Gasteiger partial charge in [-0.05, 0) is 45.4 Å². The Morgan fingerprint density at radius 1 is 1.21 bits per heavy atom. The molecule has 0 aliphatic heterocycles. The molecule has 8 heteroatoms. The maximum absolute atomic E-state index is 13.4. The Morgan fingerprint density at radius 2 is 1.89 bits per heavy atom. The van der Waals surface area contributed by atoms with Gasteiger partial charge in [0.1, 0.15) is 23.1 Å². The van der Waals surface area contributed by atoms with Crippen molar-refractivity contribution in [2.24, 2.45) is 5.92 Å². The molecule has 1 aliphatic rings. The van der Waals surface area contributed by atoms with Crippen molar-refractivity contribution in [2.75, 3.05) is 5.73 Å². The van der Waals surface area contributed by atoms with E-state index in [1.165, 1.54) is 4.57 Å². The maximum atomic E-state index is 13.4. The Morgan fingerprint density at radius 3 is 2.54 bits per heavy atom. The molecule has 0 saturated heterocycles. The number of imidazole rings is 1. The number of alkyl halides is 1. The highest BCUT2D eigenvalue weighted by Crippen LogP contribution is 2.38.